The van der Waals surface area contributed by atoms with Gasteiger partial charge in [-0.3, -0.25) is 4.79 Å². The van der Waals surface area contributed by atoms with Gasteiger partial charge in [-0.25, -0.2) is 15.0 Å². The predicted octanol–water partition coefficient (Wildman–Crippen LogP) is 6.01. The number of carbonyl (C=O) groups is 3. The van der Waals surface area contributed by atoms with Crippen molar-refractivity contribution in [2.75, 3.05) is 20.3 Å². The van der Waals surface area contributed by atoms with Crippen LogP contribution in [0.3, 0.4) is 0 Å². The summed E-state index contributed by atoms with van der Waals surface area (Å²) in [6.07, 6.45) is 1.48. The van der Waals surface area contributed by atoms with Gasteiger partial charge in [0.1, 0.15) is 12.4 Å². The number of rotatable bonds is 12. The predicted molar refractivity (Wildman–Crippen MR) is 181 cm³/mol. The van der Waals surface area contributed by atoms with E-state index in [1.54, 1.807) is 38.1 Å². The first-order valence-electron chi connectivity index (χ1n) is 13.5. The first-order valence-corrected chi connectivity index (χ1v) is 15.8. The minimum Gasteiger partial charge on any atom is -0.493 e. The smallest absolute Gasteiger partial charge is 0.338 e. The maximum absolute atomic E-state index is 12.6. The lowest BCUT2D eigenvalue weighted by atomic mass is 9.95. The topological polar surface area (TPSA) is 137 Å². The summed E-state index contributed by atoms with van der Waals surface area (Å²) in [5.74, 6) is 0.0754. The van der Waals surface area contributed by atoms with E-state index in [9.17, 15) is 14.4 Å². The Balaban J connectivity index is 1.42. The lowest BCUT2D eigenvalue weighted by Crippen LogP contribution is -2.45. The van der Waals surface area contributed by atoms with Crippen LogP contribution in [-0.2, 0) is 20.9 Å². The van der Waals surface area contributed by atoms with Crippen molar-refractivity contribution in [3.05, 3.63) is 95.6 Å². The molecule has 0 saturated carbocycles. The fraction of sp³-hybridized carbons (Fsp3) is 0.226. The molecular weight excluding hydrogens is 783 g/mol. The fourth-order valence-corrected chi connectivity index (χ4v) is 6.25. The first kappa shape index (κ1) is 34.1. The second-order valence-corrected chi connectivity index (χ2v) is 12.0. The third-order valence-electron chi connectivity index (χ3n) is 6.40. The molecule has 0 unspecified atom stereocenters. The largest absolute Gasteiger partial charge is 0.493 e. The van der Waals surface area contributed by atoms with Crippen LogP contribution in [-0.4, -0.2) is 44.4 Å². The Morgan fingerprint density at radius 3 is 2.64 bits per heavy atom. The standard InChI is InChI=1S/C31H29BrClIN4O7/c1-4-43-30(40)27-17(2)36-31(41)37-28(27)18-9-10-24(25(12-18)42-3)44-16-26(39)38-35-14-20-11-21(32)13-23(34)29(20)45-15-19-7-5-6-8-22(19)33/h5-14,28H,4,15-16H2,1-3H3,(H,38,39)(H2,36,37,41)/b35-14+/t28-/m0/s1. The molecule has 4 rings (SSSR count). The van der Waals surface area contributed by atoms with E-state index in [0.29, 0.717) is 33.3 Å². The van der Waals surface area contributed by atoms with Crippen molar-refractivity contribution in [3.63, 3.8) is 0 Å². The van der Waals surface area contributed by atoms with Crippen LogP contribution in [0.4, 0.5) is 4.79 Å². The molecular formula is C31H29BrClIN4O7. The zero-order valence-corrected chi connectivity index (χ0v) is 28.9. The number of ether oxygens (including phenoxy) is 4. The fourth-order valence-electron chi connectivity index (χ4n) is 4.35. The highest BCUT2D eigenvalue weighted by molar-refractivity contribution is 14.1. The van der Waals surface area contributed by atoms with Crippen LogP contribution in [0.2, 0.25) is 5.02 Å². The highest BCUT2D eigenvalue weighted by Crippen LogP contribution is 2.35. The van der Waals surface area contributed by atoms with Crippen molar-refractivity contribution in [3.8, 4) is 17.2 Å². The third-order valence-corrected chi connectivity index (χ3v) is 8.03. The highest BCUT2D eigenvalue weighted by Gasteiger charge is 2.32. The lowest BCUT2D eigenvalue weighted by Gasteiger charge is -2.28. The summed E-state index contributed by atoms with van der Waals surface area (Å²) in [7, 11) is 1.44. The number of benzene rings is 3. The number of allylic oxidation sites excluding steroid dienone is 1. The molecule has 0 bridgehead atoms. The summed E-state index contributed by atoms with van der Waals surface area (Å²) >= 11 is 11.9. The van der Waals surface area contributed by atoms with Crippen LogP contribution in [0.1, 0.15) is 36.6 Å². The van der Waals surface area contributed by atoms with Gasteiger partial charge in [-0.05, 0) is 72.3 Å². The molecule has 1 aliphatic heterocycles. The zero-order valence-electron chi connectivity index (χ0n) is 24.4. The number of hydrazone groups is 1. The first-order chi connectivity index (χ1) is 21.6. The van der Waals surface area contributed by atoms with Crippen molar-refractivity contribution in [1.82, 2.24) is 16.1 Å². The Labute approximate surface area is 286 Å². The normalized spacial score (nSPS) is 14.4. The van der Waals surface area contributed by atoms with Gasteiger partial charge in [0.05, 0.1) is 35.1 Å². The number of methoxy groups -OCH3 is 1. The average Bonchev–Trinajstić information content (AvgIpc) is 3.00. The Bertz CT molecular complexity index is 1670. The molecule has 0 aliphatic carbocycles. The molecule has 1 aliphatic rings. The molecule has 0 saturated heterocycles. The van der Waals surface area contributed by atoms with Gasteiger partial charge in [-0.2, -0.15) is 5.10 Å². The molecule has 14 heteroatoms. The molecule has 3 aromatic carbocycles. The van der Waals surface area contributed by atoms with Gasteiger partial charge >= 0.3 is 12.0 Å². The van der Waals surface area contributed by atoms with E-state index in [0.717, 1.165) is 13.6 Å². The van der Waals surface area contributed by atoms with Crippen LogP contribution in [0.25, 0.3) is 0 Å². The van der Waals surface area contributed by atoms with E-state index in [2.05, 4.69) is 59.7 Å². The Hall–Kier alpha value is -3.82. The number of esters is 1. The summed E-state index contributed by atoms with van der Waals surface area (Å²) in [6, 6.07) is 14.8. The number of carbonyl (C=O) groups excluding carboxylic acids is 3. The number of nitrogens with one attached hydrogen (secondary N) is 3. The van der Waals surface area contributed by atoms with Crippen molar-refractivity contribution in [1.29, 1.82) is 0 Å². The van der Waals surface area contributed by atoms with Gasteiger partial charge < -0.3 is 29.6 Å². The van der Waals surface area contributed by atoms with Crippen molar-refractivity contribution in [2.45, 2.75) is 26.5 Å². The van der Waals surface area contributed by atoms with Gasteiger partial charge in [0.15, 0.2) is 18.1 Å². The maximum Gasteiger partial charge on any atom is 0.338 e. The van der Waals surface area contributed by atoms with E-state index < -0.39 is 23.9 Å². The summed E-state index contributed by atoms with van der Waals surface area (Å²) in [5, 5.41) is 10.0. The molecule has 0 spiro atoms. The molecule has 236 valence electrons. The number of halogens is 3. The molecule has 3 N–H and O–H groups in total. The summed E-state index contributed by atoms with van der Waals surface area (Å²) in [4.78, 5) is 37.4. The molecule has 1 heterocycles. The van der Waals surface area contributed by atoms with Crippen molar-refractivity contribution >= 4 is 74.2 Å². The number of hydrogen-bond donors (Lipinski definition) is 3. The van der Waals surface area contributed by atoms with Gasteiger partial charge in [0, 0.05) is 26.3 Å². The van der Waals surface area contributed by atoms with E-state index in [-0.39, 0.29) is 31.1 Å². The Kier molecular flexibility index (Phi) is 12.1. The number of nitrogens with zero attached hydrogens (tertiary/aromatic N) is 1. The van der Waals surface area contributed by atoms with Crippen LogP contribution in [0, 0.1) is 3.57 Å². The van der Waals surface area contributed by atoms with Gasteiger partial charge in [-0.1, -0.05) is 51.8 Å². The number of amides is 3. The van der Waals surface area contributed by atoms with Crippen LogP contribution in [0.5, 0.6) is 17.2 Å². The minimum atomic E-state index is -0.780. The van der Waals surface area contributed by atoms with E-state index in [1.165, 1.54) is 13.3 Å². The summed E-state index contributed by atoms with van der Waals surface area (Å²) < 4.78 is 24.1. The Morgan fingerprint density at radius 1 is 1.13 bits per heavy atom. The van der Waals surface area contributed by atoms with E-state index in [1.807, 2.05) is 30.3 Å². The third kappa shape index (κ3) is 8.89. The summed E-state index contributed by atoms with van der Waals surface area (Å²) in [5.41, 5.74) is 5.13. The van der Waals surface area contributed by atoms with Crippen LogP contribution in [0.15, 0.2) is 75.4 Å². The molecule has 3 amide bonds. The second-order valence-electron chi connectivity index (χ2n) is 9.47. The van der Waals surface area contributed by atoms with Crippen LogP contribution < -0.4 is 30.3 Å². The second kappa shape index (κ2) is 16.0. The SMILES string of the molecule is CCOC(=O)C1=C(C)NC(=O)N[C@H]1c1ccc(OCC(=O)N/N=C/c2cc(Br)cc(I)c2OCc2ccccc2Cl)c(OC)c1. The minimum absolute atomic E-state index is 0.180. The maximum atomic E-state index is 12.6. The van der Waals surface area contributed by atoms with Crippen LogP contribution >= 0.6 is 50.1 Å². The monoisotopic (exact) mass is 810 g/mol. The molecule has 0 aromatic heterocycles. The summed E-state index contributed by atoms with van der Waals surface area (Å²) in [6.45, 7) is 3.39. The molecule has 0 fully saturated rings. The van der Waals surface area contributed by atoms with E-state index >= 15 is 0 Å². The average molecular weight is 812 g/mol. The molecule has 45 heavy (non-hydrogen) atoms. The molecule has 0 radical (unpaired) electrons. The van der Waals surface area contributed by atoms with E-state index in [4.69, 9.17) is 30.5 Å². The Morgan fingerprint density at radius 2 is 1.91 bits per heavy atom. The van der Waals surface area contributed by atoms with Crippen molar-refractivity contribution < 1.29 is 33.3 Å². The van der Waals surface area contributed by atoms with Gasteiger partial charge in [0.2, 0.25) is 0 Å². The quantitative estimate of drug-likeness (QED) is 0.0882. The van der Waals surface area contributed by atoms with Crippen molar-refractivity contribution in [2.24, 2.45) is 5.10 Å². The molecule has 1 atom stereocenters. The highest BCUT2D eigenvalue weighted by atomic mass is 127. The molecule has 3 aromatic rings. The van der Waals surface area contributed by atoms with Gasteiger partial charge in [-0.15, -0.1) is 0 Å². The number of urea groups is 1. The molecule has 11 nitrogen and oxygen atoms in total. The number of hydrogen-bond acceptors (Lipinski definition) is 8. The zero-order chi connectivity index (χ0) is 32.5. The van der Waals surface area contributed by atoms with Gasteiger partial charge in [0.25, 0.3) is 5.91 Å². The lowest BCUT2D eigenvalue weighted by molar-refractivity contribution is -0.139.